The Morgan fingerprint density at radius 3 is 2.96 bits per heavy atom. The van der Waals surface area contributed by atoms with Crippen LogP contribution >= 0.6 is 11.8 Å². The summed E-state index contributed by atoms with van der Waals surface area (Å²) in [7, 11) is 0. The summed E-state index contributed by atoms with van der Waals surface area (Å²) in [5.74, 6) is -1.08. The second-order valence-electron chi connectivity index (χ2n) is 5.68. The van der Waals surface area contributed by atoms with Crippen molar-refractivity contribution in [3.8, 4) is 0 Å². The molecule has 0 radical (unpaired) electrons. The molecule has 2 aromatic heterocycles. The molecule has 3 rings (SSSR count). The highest BCUT2D eigenvalue weighted by Gasteiger charge is 2.11. The Balaban J connectivity index is 1.63. The predicted octanol–water partition coefficient (Wildman–Crippen LogP) is 4.18. The zero-order valence-electron chi connectivity index (χ0n) is 14.8. The number of carbonyl (C=O) groups is 1. The number of fused-ring (bicyclic) bond motifs is 1. The Labute approximate surface area is 158 Å². The third kappa shape index (κ3) is 4.54. The molecule has 0 bridgehead atoms. The van der Waals surface area contributed by atoms with Gasteiger partial charge in [0.05, 0.1) is 23.0 Å². The fraction of sp³-hybridized carbons (Fsp3) is 0.278. The van der Waals surface area contributed by atoms with E-state index in [-0.39, 0.29) is 11.7 Å². The van der Waals surface area contributed by atoms with Crippen molar-refractivity contribution >= 4 is 34.9 Å². The van der Waals surface area contributed by atoms with Gasteiger partial charge in [-0.05, 0) is 44.2 Å². The first-order valence-corrected chi connectivity index (χ1v) is 9.31. The van der Waals surface area contributed by atoms with Crippen molar-refractivity contribution in [2.45, 2.75) is 31.9 Å². The average molecular weight is 392 g/mol. The Bertz CT molecular complexity index is 981. The SMILES string of the molecule is CCn1c(C)nc2cc(C(=O)N/N=C\c3ccc(CSC(F)F)o3)ccc21. The fourth-order valence-corrected chi connectivity index (χ4v) is 3.14. The zero-order chi connectivity index (χ0) is 19.4. The second-order valence-corrected chi connectivity index (χ2v) is 6.66. The summed E-state index contributed by atoms with van der Waals surface area (Å²) in [4.78, 5) is 16.7. The summed E-state index contributed by atoms with van der Waals surface area (Å²) in [5, 5.41) is 3.85. The van der Waals surface area contributed by atoms with Crippen LogP contribution in [0.4, 0.5) is 8.78 Å². The Kier molecular flexibility index (Phi) is 5.90. The van der Waals surface area contributed by atoms with E-state index in [4.69, 9.17) is 4.42 Å². The molecule has 0 aliphatic rings. The third-order valence-electron chi connectivity index (χ3n) is 3.91. The monoisotopic (exact) mass is 392 g/mol. The van der Waals surface area contributed by atoms with Gasteiger partial charge in [0.15, 0.2) is 0 Å². The van der Waals surface area contributed by atoms with Crippen molar-refractivity contribution in [1.82, 2.24) is 15.0 Å². The number of hydrazone groups is 1. The summed E-state index contributed by atoms with van der Waals surface area (Å²) >= 11 is 0.480. The maximum atomic E-state index is 12.2. The van der Waals surface area contributed by atoms with Crippen LogP contribution in [-0.2, 0) is 12.3 Å². The quantitative estimate of drug-likeness (QED) is 0.484. The number of rotatable bonds is 7. The van der Waals surface area contributed by atoms with Crippen LogP contribution in [0, 0.1) is 6.92 Å². The lowest BCUT2D eigenvalue weighted by molar-refractivity contribution is 0.0955. The van der Waals surface area contributed by atoms with E-state index in [2.05, 4.69) is 20.1 Å². The minimum Gasteiger partial charge on any atom is -0.459 e. The molecular formula is C18H18F2N4O2S. The molecule has 0 saturated heterocycles. The van der Waals surface area contributed by atoms with Crippen LogP contribution < -0.4 is 5.43 Å². The smallest absolute Gasteiger partial charge is 0.284 e. The molecule has 0 atom stereocenters. The molecule has 27 heavy (non-hydrogen) atoms. The van der Waals surface area contributed by atoms with E-state index in [0.29, 0.717) is 28.8 Å². The molecule has 9 heteroatoms. The molecule has 0 spiro atoms. The van der Waals surface area contributed by atoms with Gasteiger partial charge in [-0.25, -0.2) is 10.4 Å². The molecule has 1 N–H and O–H groups in total. The molecule has 0 aliphatic heterocycles. The van der Waals surface area contributed by atoms with Crippen LogP contribution in [0.5, 0.6) is 0 Å². The minimum atomic E-state index is -2.45. The molecule has 0 fully saturated rings. The second kappa shape index (κ2) is 8.34. The fourth-order valence-electron chi connectivity index (χ4n) is 2.70. The first kappa shape index (κ1) is 19.1. The van der Waals surface area contributed by atoms with E-state index >= 15 is 0 Å². The van der Waals surface area contributed by atoms with Crippen LogP contribution in [-0.4, -0.2) is 27.4 Å². The summed E-state index contributed by atoms with van der Waals surface area (Å²) in [6, 6.07) is 8.48. The Hall–Kier alpha value is -2.68. The molecular weight excluding hydrogens is 374 g/mol. The molecule has 142 valence electrons. The number of aryl methyl sites for hydroxylation is 2. The van der Waals surface area contributed by atoms with Gasteiger partial charge in [0.1, 0.15) is 17.3 Å². The van der Waals surface area contributed by atoms with Crippen molar-refractivity contribution < 1.29 is 18.0 Å². The number of hydrogen-bond acceptors (Lipinski definition) is 5. The van der Waals surface area contributed by atoms with Gasteiger partial charge in [0.2, 0.25) is 0 Å². The highest BCUT2D eigenvalue weighted by atomic mass is 32.2. The maximum Gasteiger partial charge on any atom is 0.284 e. The molecule has 0 aliphatic carbocycles. The van der Waals surface area contributed by atoms with E-state index in [1.807, 2.05) is 19.9 Å². The Morgan fingerprint density at radius 2 is 2.22 bits per heavy atom. The lowest BCUT2D eigenvalue weighted by Crippen LogP contribution is -2.17. The van der Waals surface area contributed by atoms with Crippen molar-refractivity contribution in [2.75, 3.05) is 0 Å². The maximum absolute atomic E-state index is 12.2. The van der Waals surface area contributed by atoms with Crippen LogP contribution in [0.25, 0.3) is 11.0 Å². The number of thioether (sulfide) groups is 1. The highest BCUT2D eigenvalue weighted by Crippen LogP contribution is 2.21. The van der Waals surface area contributed by atoms with E-state index in [0.717, 1.165) is 23.4 Å². The number of carbonyl (C=O) groups excluding carboxylic acids is 1. The number of hydrogen-bond donors (Lipinski definition) is 1. The molecule has 0 unspecified atom stereocenters. The van der Waals surface area contributed by atoms with E-state index in [9.17, 15) is 13.6 Å². The first-order valence-electron chi connectivity index (χ1n) is 8.26. The number of amides is 1. The van der Waals surface area contributed by atoms with Crippen molar-refractivity contribution in [3.05, 3.63) is 53.2 Å². The van der Waals surface area contributed by atoms with Gasteiger partial charge in [-0.1, -0.05) is 11.8 Å². The number of nitrogens with zero attached hydrogens (tertiary/aromatic N) is 3. The molecule has 1 amide bonds. The minimum absolute atomic E-state index is 0.0711. The van der Waals surface area contributed by atoms with Crippen molar-refractivity contribution in [3.63, 3.8) is 0 Å². The lowest BCUT2D eigenvalue weighted by Gasteiger charge is -2.03. The van der Waals surface area contributed by atoms with Gasteiger partial charge in [-0.15, -0.1) is 0 Å². The van der Waals surface area contributed by atoms with Gasteiger partial charge >= 0.3 is 0 Å². The normalized spacial score (nSPS) is 11.7. The van der Waals surface area contributed by atoms with Gasteiger partial charge in [-0.3, -0.25) is 4.79 Å². The van der Waals surface area contributed by atoms with Gasteiger partial charge in [0, 0.05) is 12.1 Å². The molecule has 3 aromatic rings. The largest absolute Gasteiger partial charge is 0.459 e. The van der Waals surface area contributed by atoms with E-state index in [1.165, 1.54) is 6.21 Å². The highest BCUT2D eigenvalue weighted by molar-refractivity contribution is 7.98. The van der Waals surface area contributed by atoms with Crippen LogP contribution in [0.2, 0.25) is 0 Å². The summed E-state index contributed by atoms with van der Waals surface area (Å²) in [6.07, 6.45) is 1.32. The molecule has 1 aromatic carbocycles. The number of furan rings is 1. The van der Waals surface area contributed by atoms with E-state index < -0.39 is 5.76 Å². The predicted molar refractivity (Wildman–Crippen MR) is 101 cm³/mol. The van der Waals surface area contributed by atoms with Gasteiger partial charge < -0.3 is 8.98 Å². The number of halogens is 2. The van der Waals surface area contributed by atoms with E-state index in [1.54, 1.807) is 24.3 Å². The number of imidazole rings is 1. The van der Waals surface area contributed by atoms with Crippen molar-refractivity contribution in [2.24, 2.45) is 5.10 Å². The van der Waals surface area contributed by atoms with Crippen molar-refractivity contribution in [1.29, 1.82) is 0 Å². The van der Waals surface area contributed by atoms with Crippen LogP contribution in [0.3, 0.4) is 0 Å². The molecule has 2 heterocycles. The number of alkyl halides is 2. The summed E-state index contributed by atoms with van der Waals surface area (Å²) in [6.45, 7) is 4.76. The van der Waals surface area contributed by atoms with Gasteiger partial charge in [-0.2, -0.15) is 13.9 Å². The molecule has 6 nitrogen and oxygen atoms in total. The van der Waals surface area contributed by atoms with Crippen LogP contribution in [0.1, 0.15) is 34.6 Å². The lowest BCUT2D eigenvalue weighted by atomic mass is 10.2. The summed E-state index contributed by atoms with van der Waals surface area (Å²) in [5.41, 5.74) is 4.58. The van der Waals surface area contributed by atoms with Gasteiger partial charge in [0.25, 0.3) is 11.7 Å². The topological polar surface area (TPSA) is 72.4 Å². The number of nitrogens with one attached hydrogen (secondary N) is 1. The number of benzene rings is 1. The molecule has 0 saturated carbocycles. The number of aromatic nitrogens is 2. The zero-order valence-corrected chi connectivity index (χ0v) is 15.6. The Morgan fingerprint density at radius 1 is 1.41 bits per heavy atom. The average Bonchev–Trinajstić information content (AvgIpc) is 3.22. The summed E-state index contributed by atoms with van der Waals surface area (Å²) < 4.78 is 31.7. The standard InChI is InChI=1S/C18H18F2N4O2S/c1-3-24-11(2)22-15-8-12(4-7-16(15)24)17(25)23-21-9-13-5-6-14(26-13)10-27-18(19)20/h4-9,18H,3,10H2,1-2H3,(H,23,25)/b21-9-. The third-order valence-corrected chi connectivity index (χ3v) is 4.61. The van der Waals surface area contributed by atoms with Crippen LogP contribution in [0.15, 0.2) is 39.9 Å². The first-order chi connectivity index (χ1) is 13.0.